The Morgan fingerprint density at radius 3 is 2.25 bits per heavy atom. The molecule has 0 aromatic carbocycles. The standard InChI is InChI=1S/C13H27NO2/c1-7-8-11(9-10(2)3)14-12(15)16-13(4,5)6/h10-11H,7-9H2,1-6H3,(H,14,15). The second kappa shape index (κ2) is 6.77. The highest BCUT2D eigenvalue weighted by Crippen LogP contribution is 2.12. The molecule has 1 N–H and O–H groups in total. The molecule has 96 valence electrons. The smallest absolute Gasteiger partial charge is 0.407 e. The fourth-order valence-electron chi connectivity index (χ4n) is 1.64. The van der Waals surface area contributed by atoms with E-state index >= 15 is 0 Å². The average molecular weight is 229 g/mol. The first-order chi connectivity index (χ1) is 7.24. The highest BCUT2D eigenvalue weighted by molar-refractivity contribution is 5.68. The number of carbonyl (C=O) groups is 1. The van der Waals surface area contributed by atoms with Crippen LogP contribution in [-0.4, -0.2) is 17.7 Å². The van der Waals surface area contributed by atoms with Gasteiger partial charge in [-0.15, -0.1) is 0 Å². The number of amides is 1. The second-order valence-corrected chi connectivity index (χ2v) is 5.76. The molecular weight excluding hydrogens is 202 g/mol. The Bertz CT molecular complexity index is 206. The van der Waals surface area contributed by atoms with Crippen molar-refractivity contribution in [1.82, 2.24) is 5.32 Å². The number of hydrogen-bond donors (Lipinski definition) is 1. The van der Waals surface area contributed by atoms with Gasteiger partial charge in [-0.05, 0) is 39.5 Å². The minimum atomic E-state index is -0.418. The van der Waals surface area contributed by atoms with Gasteiger partial charge in [0.15, 0.2) is 0 Å². The minimum Gasteiger partial charge on any atom is -0.444 e. The molecule has 0 spiro atoms. The number of rotatable bonds is 5. The Kier molecular flexibility index (Phi) is 6.46. The van der Waals surface area contributed by atoms with Crippen molar-refractivity contribution in [3.05, 3.63) is 0 Å². The van der Waals surface area contributed by atoms with Gasteiger partial charge in [0.25, 0.3) is 0 Å². The molecule has 0 aromatic rings. The highest BCUT2D eigenvalue weighted by atomic mass is 16.6. The number of ether oxygens (including phenoxy) is 1. The van der Waals surface area contributed by atoms with E-state index in [-0.39, 0.29) is 12.1 Å². The van der Waals surface area contributed by atoms with Gasteiger partial charge in [-0.25, -0.2) is 4.79 Å². The van der Waals surface area contributed by atoms with Crippen LogP contribution in [0.1, 0.15) is 60.8 Å². The zero-order chi connectivity index (χ0) is 12.8. The Morgan fingerprint density at radius 1 is 1.31 bits per heavy atom. The van der Waals surface area contributed by atoms with Crippen LogP contribution in [0.15, 0.2) is 0 Å². The van der Waals surface area contributed by atoms with Crippen molar-refractivity contribution >= 4 is 6.09 Å². The van der Waals surface area contributed by atoms with Crippen LogP contribution in [0, 0.1) is 5.92 Å². The minimum absolute atomic E-state index is 0.236. The molecular formula is C13H27NO2. The Morgan fingerprint density at radius 2 is 1.88 bits per heavy atom. The summed E-state index contributed by atoms with van der Waals surface area (Å²) < 4.78 is 5.25. The molecule has 0 radical (unpaired) electrons. The summed E-state index contributed by atoms with van der Waals surface area (Å²) in [5, 5.41) is 2.94. The molecule has 1 atom stereocenters. The molecule has 0 aliphatic carbocycles. The van der Waals surface area contributed by atoms with Crippen molar-refractivity contribution in [2.24, 2.45) is 5.92 Å². The van der Waals surface area contributed by atoms with Crippen molar-refractivity contribution in [2.45, 2.75) is 72.4 Å². The molecule has 0 fully saturated rings. The summed E-state index contributed by atoms with van der Waals surface area (Å²) in [6.45, 7) is 12.1. The summed E-state index contributed by atoms with van der Waals surface area (Å²) in [5.41, 5.74) is -0.418. The summed E-state index contributed by atoms with van der Waals surface area (Å²) in [6, 6.07) is 0.236. The van der Waals surface area contributed by atoms with E-state index in [0.29, 0.717) is 5.92 Å². The van der Waals surface area contributed by atoms with E-state index in [1.54, 1.807) is 0 Å². The van der Waals surface area contributed by atoms with E-state index in [1.807, 2.05) is 20.8 Å². The maximum absolute atomic E-state index is 11.6. The number of carbonyl (C=O) groups excluding carboxylic acids is 1. The molecule has 3 heteroatoms. The van der Waals surface area contributed by atoms with Gasteiger partial charge in [0, 0.05) is 6.04 Å². The van der Waals surface area contributed by atoms with Crippen molar-refractivity contribution in [3.8, 4) is 0 Å². The normalized spacial score (nSPS) is 13.7. The molecule has 1 unspecified atom stereocenters. The summed E-state index contributed by atoms with van der Waals surface area (Å²) in [7, 11) is 0. The lowest BCUT2D eigenvalue weighted by molar-refractivity contribution is 0.0496. The zero-order valence-electron chi connectivity index (χ0n) is 11.6. The number of alkyl carbamates (subject to hydrolysis) is 1. The fraction of sp³-hybridized carbons (Fsp3) is 0.923. The van der Waals surface area contributed by atoms with E-state index in [1.165, 1.54) is 0 Å². The molecule has 0 saturated heterocycles. The SMILES string of the molecule is CCCC(CC(C)C)NC(=O)OC(C)(C)C. The first-order valence-corrected chi connectivity index (χ1v) is 6.24. The van der Waals surface area contributed by atoms with Crippen molar-refractivity contribution in [3.63, 3.8) is 0 Å². The van der Waals surface area contributed by atoms with E-state index in [0.717, 1.165) is 19.3 Å². The van der Waals surface area contributed by atoms with Gasteiger partial charge in [-0.1, -0.05) is 27.2 Å². The second-order valence-electron chi connectivity index (χ2n) is 5.76. The van der Waals surface area contributed by atoms with Gasteiger partial charge in [0.1, 0.15) is 5.60 Å². The first kappa shape index (κ1) is 15.3. The molecule has 16 heavy (non-hydrogen) atoms. The lowest BCUT2D eigenvalue weighted by atomic mass is 10.0. The molecule has 0 bridgehead atoms. The fourth-order valence-corrected chi connectivity index (χ4v) is 1.64. The van der Waals surface area contributed by atoms with Crippen LogP contribution in [0.25, 0.3) is 0 Å². The first-order valence-electron chi connectivity index (χ1n) is 6.24. The van der Waals surface area contributed by atoms with Crippen LogP contribution in [0.3, 0.4) is 0 Å². The predicted molar refractivity (Wildman–Crippen MR) is 67.5 cm³/mol. The third-order valence-electron chi connectivity index (χ3n) is 2.11. The van der Waals surface area contributed by atoms with Crippen LogP contribution >= 0.6 is 0 Å². The molecule has 1 amide bonds. The quantitative estimate of drug-likeness (QED) is 0.780. The van der Waals surface area contributed by atoms with Gasteiger partial charge in [0.2, 0.25) is 0 Å². The van der Waals surface area contributed by atoms with E-state index < -0.39 is 5.60 Å². The molecule has 0 rings (SSSR count). The summed E-state index contributed by atoms with van der Waals surface area (Å²) >= 11 is 0. The Hall–Kier alpha value is -0.730. The molecule has 0 heterocycles. The Balaban J connectivity index is 4.12. The number of nitrogens with one attached hydrogen (secondary N) is 1. The molecule has 3 nitrogen and oxygen atoms in total. The van der Waals surface area contributed by atoms with Gasteiger partial charge >= 0.3 is 6.09 Å². The topological polar surface area (TPSA) is 38.3 Å². The predicted octanol–water partition coefficient (Wildman–Crippen LogP) is 3.73. The van der Waals surface area contributed by atoms with Gasteiger partial charge in [-0.3, -0.25) is 0 Å². The molecule has 0 aliphatic heterocycles. The third-order valence-corrected chi connectivity index (χ3v) is 2.11. The van der Waals surface area contributed by atoms with E-state index in [2.05, 4.69) is 26.1 Å². The van der Waals surface area contributed by atoms with Gasteiger partial charge in [0.05, 0.1) is 0 Å². The maximum atomic E-state index is 11.6. The third kappa shape index (κ3) is 8.57. The van der Waals surface area contributed by atoms with Crippen molar-refractivity contribution in [2.75, 3.05) is 0 Å². The lowest BCUT2D eigenvalue weighted by Gasteiger charge is -2.24. The van der Waals surface area contributed by atoms with Gasteiger partial charge in [-0.2, -0.15) is 0 Å². The summed E-state index contributed by atoms with van der Waals surface area (Å²) in [6.07, 6.45) is 2.80. The van der Waals surface area contributed by atoms with Crippen LogP contribution in [-0.2, 0) is 4.74 Å². The molecule has 0 aromatic heterocycles. The lowest BCUT2D eigenvalue weighted by Crippen LogP contribution is -2.39. The average Bonchev–Trinajstić information content (AvgIpc) is 1.98. The van der Waals surface area contributed by atoms with E-state index in [4.69, 9.17) is 4.74 Å². The number of hydrogen-bond acceptors (Lipinski definition) is 2. The monoisotopic (exact) mass is 229 g/mol. The van der Waals surface area contributed by atoms with E-state index in [9.17, 15) is 4.79 Å². The Labute approximate surface area is 99.9 Å². The van der Waals surface area contributed by atoms with Gasteiger partial charge < -0.3 is 10.1 Å². The van der Waals surface area contributed by atoms with Crippen molar-refractivity contribution < 1.29 is 9.53 Å². The van der Waals surface area contributed by atoms with Crippen LogP contribution in [0.4, 0.5) is 4.79 Å². The highest BCUT2D eigenvalue weighted by Gasteiger charge is 2.19. The van der Waals surface area contributed by atoms with Crippen LogP contribution in [0.2, 0.25) is 0 Å². The maximum Gasteiger partial charge on any atom is 0.407 e. The molecule has 0 aliphatic rings. The van der Waals surface area contributed by atoms with Crippen LogP contribution < -0.4 is 5.32 Å². The van der Waals surface area contributed by atoms with Crippen LogP contribution in [0.5, 0.6) is 0 Å². The summed E-state index contributed by atoms with van der Waals surface area (Å²) in [4.78, 5) is 11.6. The molecule has 0 saturated carbocycles. The zero-order valence-corrected chi connectivity index (χ0v) is 11.6. The van der Waals surface area contributed by atoms with Crippen molar-refractivity contribution in [1.29, 1.82) is 0 Å². The largest absolute Gasteiger partial charge is 0.444 e. The summed E-state index contributed by atoms with van der Waals surface area (Å²) in [5.74, 6) is 0.589.